The number of thiocarbonyl (C=S) groups is 1. The van der Waals surface area contributed by atoms with Crippen molar-refractivity contribution in [3.8, 4) is 11.5 Å². The van der Waals surface area contributed by atoms with Crippen molar-refractivity contribution in [2.45, 2.75) is 13.1 Å². The molecule has 0 spiro atoms. The van der Waals surface area contributed by atoms with Gasteiger partial charge in [-0.25, -0.2) is 4.99 Å². The van der Waals surface area contributed by atoms with Crippen molar-refractivity contribution in [2.24, 2.45) is 4.99 Å². The van der Waals surface area contributed by atoms with Crippen molar-refractivity contribution in [3.63, 3.8) is 0 Å². The monoisotopic (exact) mass is 336 g/mol. The Morgan fingerprint density at radius 2 is 2.00 bits per heavy atom. The SMILES string of the molecule is CCOc1cccc2c1OC1=NC(c3ccccc3)NC(=S)C1=C2. The van der Waals surface area contributed by atoms with Crippen molar-refractivity contribution < 1.29 is 9.47 Å². The van der Waals surface area contributed by atoms with Gasteiger partial charge in [-0.2, -0.15) is 0 Å². The maximum Gasteiger partial charge on any atom is 0.227 e. The zero-order chi connectivity index (χ0) is 16.5. The van der Waals surface area contributed by atoms with Crippen molar-refractivity contribution in [1.29, 1.82) is 0 Å². The summed E-state index contributed by atoms with van der Waals surface area (Å²) in [6.45, 7) is 2.53. The number of rotatable bonds is 3. The molecular weight excluding hydrogens is 320 g/mol. The third-order valence-corrected chi connectivity index (χ3v) is 4.25. The van der Waals surface area contributed by atoms with Crippen LogP contribution >= 0.6 is 12.2 Å². The molecule has 0 bridgehead atoms. The Morgan fingerprint density at radius 1 is 1.17 bits per heavy atom. The predicted molar refractivity (Wildman–Crippen MR) is 98.6 cm³/mol. The highest BCUT2D eigenvalue weighted by atomic mass is 32.1. The van der Waals surface area contributed by atoms with Crippen LogP contribution in [0.4, 0.5) is 0 Å². The second kappa shape index (κ2) is 6.09. The Kier molecular flexibility index (Phi) is 3.78. The van der Waals surface area contributed by atoms with E-state index in [0.29, 0.717) is 29.0 Å². The van der Waals surface area contributed by atoms with Gasteiger partial charge < -0.3 is 14.8 Å². The van der Waals surface area contributed by atoms with Gasteiger partial charge in [0.1, 0.15) is 11.2 Å². The molecule has 4 nitrogen and oxygen atoms in total. The molecule has 0 amide bonds. The lowest BCUT2D eigenvalue weighted by atomic mass is 10.0. The van der Waals surface area contributed by atoms with Crippen LogP contribution in [0.3, 0.4) is 0 Å². The van der Waals surface area contributed by atoms with E-state index < -0.39 is 0 Å². The fraction of sp³-hybridized carbons (Fsp3) is 0.158. The smallest absolute Gasteiger partial charge is 0.227 e. The van der Waals surface area contributed by atoms with Crippen LogP contribution in [-0.2, 0) is 0 Å². The molecule has 4 rings (SSSR count). The predicted octanol–water partition coefficient (Wildman–Crippen LogP) is 3.89. The number of ether oxygens (including phenoxy) is 2. The Balaban J connectivity index is 1.76. The van der Waals surface area contributed by atoms with Gasteiger partial charge >= 0.3 is 0 Å². The van der Waals surface area contributed by atoms with Crippen LogP contribution < -0.4 is 14.8 Å². The minimum absolute atomic E-state index is 0.244. The molecule has 2 aromatic carbocycles. The van der Waals surface area contributed by atoms with Gasteiger partial charge in [-0.15, -0.1) is 0 Å². The third kappa shape index (κ3) is 2.57. The molecule has 0 saturated carbocycles. The first-order valence-corrected chi connectivity index (χ1v) is 8.26. The summed E-state index contributed by atoms with van der Waals surface area (Å²) in [6.07, 6.45) is 1.75. The summed E-state index contributed by atoms with van der Waals surface area (Å²) < 4.78 is 11.7. The third-order valence-electron chi connectivity index (χ3n) is 3.91. The van der Waals surface area contributed by atoms with E-state index in [0.717, 1.165) is 16.7 Å². The fourth-order valence-corrected chi connectivity index (χ4v) is 3.05. The lowest BCUT2D eigenvalue weighted by molar-refractivity contribution is 0.326. The molecule has 0 fully saturated rings. The summed E-state index contributed by atoms with van der Waals surface area (Å²) in [6, 6.07) is 15.8. The maximum atomic E-state index is 6.07. The zero-order valence-corrected chi connectivity index (χ0v) is 14.0. The number of para-hydroxylation sites is 1. The summed E-state index contributed by atoms with van der Waals surface area (Å²) in [4.78, 5) is 5.34. The number of hydrogen-bond acceptors (Lipinski definition) is 4. The van der Waals surface area contributed by atoms with Gasteiger partial charge in [-0.05, 0) is 24.6 Å². The largest absolute Gasteiger partial charge is 0.490 e. The summed E-state index contributed by atoms with van der Waals surface area (Å²) >= 11 is 5.52. The summed E-state index contributed by atoms with van der Waals surface area (Å²) in [5.74, 6) is 1.94. The molecular formula is C19H16N2O2S. The fourth-order valence-electron chi connectivity index (χ4n) is 2.80. The van der Waals surface area contributed by atoms with E-state index in [4.69, 9.17) is 26.7 Å². The van der Waals surface area contributed by atoms with Crippen LogP contribution in [-0.4, -0.2) is 17.5 Å². The number of nitrogens with one attached hydrogen (secondary N) is 1. The molecule has 0 aromatic heterocycles. The van der Waals surface area contributed by atoms with Crippen LogP contribution in [0.2, 0.25) is 0 Å². The van der Waals surface area contributed by atoms with E-state index in [1.165, 1.54) is 0 Å². The van der Waals surface area contributed by atoms with Crippen LogP contribution in [0.25, 0.3) is 6.08 Å². The van der Waals surface area contributed by atoms with E-state index in [-0.39, 0.29) is 6.17 Å². The molecule has 1 unspecified atom stereocenters. The number of hydrogen-bond donors (Lipinski definition) is 1. The minimum atomic E-state index is -0.244. The Morgan fingerprint density at radius 3 is 2.79 bits per heavy atom. The van der Waals surface area contributed by atoms with Crippen LogP contribution in [0, 0.1) is 0 Å². The van der Waals surface area contributed by atoms with Gasteiger partial charge in [-0.3, -0.25) is 0 Å². The molecule has 1 N–H and O–H groups in total. The Hall–Kier alpha value is -2.66. The Bertz CT molecular complexity index is 859. The standard InChI is InChI=1S/C19H16N2O2S/c1-2-22-15-10-6-9-13-11-14-18(23-16(13)15)20-17(21-19(14)24)12-7-4-3-5-8-12/h3-11,17H,2H2,1H3,(H,21,24). The molecule has 2 aliphatic heterocycles. The molecule has 120 valence electrons. The first-order chi connectivity index (χ1) is 11.8. The highest BCUT2D eigenvalue weighted by molar-refractivity contribution is 7.80. The molecule has 0 aliphatic carbocycles. The van der Waals surface area contributed by atoms with Gasteiger partial charge in [0, 0.05) is 5.56 Å². The lowest BCUT2D eigenvalue weighted by Crippen LogP contribution is -2.38. The summed E-state index contributed by atoms with van der Waals surface area (Å²) in [7, 11) is 0. The van der Waals surface area contributed by atoms with E-state index in [2.05, 4.69) is 5.32 Å². The average Bonchev–Trinajstić information content (AvgIpc) is 2.62. The molecule has 2 aromatic rings. The Labute approximate surface area is 145 Å². The van der Waals surface area contributed by atoms with E-state index in [1.54, 1.807) is 0 Å². The molecule has 2 aliphatic rings. The highest BCUT2D eigenvalue weighted by Crippen LogP contribution is 2.38. The first kappa shape index (κ1) is 14.9. The molecule has 0 saturated heterocycles. The molecule has 2 heterocycles. The molecule has 1 atom stereocenters. The maximum absolute atomic E-state index is 6.07. The van der Waals surface area contributed by atoms with Gasteiger partial charge in [0.2, 0.25) is 5.90 Å². The second-order valence-corrected chi connectivity index (χ2v) is 5.90. The van der Waals surface area contributed by atoms with E-state index in [9.17, 15) is 0 Å². The number of aliphatic imine (C=N–C) groups is 1. The summed E-state index contributed by atoms with van der Waals surface area (Å²) in [5.41, 5.74) is 2.79. The molecule has 5 heteroatoms. The van der Waals surface area contributed by atoms with Crippen molar-refractivity contribution in [1.82, 2.24) is 5.32 Å². The number of benzene rings is 2. The summed E-state index contributed by atoms with van der Waals surface area (Å²) in [5, 5.41) is 3.27. The zero-order valence-electron chi connectivity index (χ0n) is 13.2. The quantitative estimate of drug-likeness (QED) is 0.864. The number of nitrogens with zero attached hydrogens (tertiary/aromatic N) is 1. The lowest BCUT2D eigenvalue weighted by Gasteiger charge is -2.29. The van der Waals surface area contributed by atoms with Crippen LogP contribution in [0.5, 0.6) is 11.5 Å². The number of fused-ring (bicyclic) bond motifs is 2. The van der Waals surface area contributed by atoms with Crippen LogP contribution in [0.15, 0.2) is 59.1 Å². The van der Waals surface area contributed by atoms with Gasteiger partial charge in [0.05, 0.1) is 12.2 Å². The van der Waals surface area contributed by atoms with Gasteiger partial charge in [-0.1, -0.05) is 54.7 Å². The normalized spacial score (nSPS) is 18.4. The minimum Gasteiger partial charge on any atom is -0.490 e. The van der Waals surface area contributed by atoms with Gasteiger partial charge in [0.25, 0.3) is 0 Å². The first-order valence-electron chi connectivity index (χ1n) is 7.85. The van der Waals surface area contributed by atoms with Crippen molar-refractivity contribution in [3.05, 3.63) is 65.2 Å². The van der Waals surface area contributed by atoms with E-state index in [1.807, 2.05) is 61.5 Å². The molecule has 0 radical (unpaired) electrons. The van der Waals surface area contributed by atoms with Crippen LogP contribution in [0.1, 0.15) is 24.2 Å². The molecule has 24 heavy (non-hydrogen) atoms. The van der Waals surface area contributed by atoms with E-state index >= 15 is 0 Å². The van der Waals surface area contributed by atoms with Crippen molar-refractivity contribution in [2.75, 3.05) is 6.61 Å². The average molecular weight is 336 g/mol. The second-order valence-electron chi connectivity index (χ2n) is 5.49. The van der Waals surface area contributed by atoms with Gasteiger partial charge in [0.15, 0.2) is 11.5 Å². The van der Waals surface area contributed by atoms with Crippen molar-refractivity contribution >= 4 is 29.2 Å². The highest BCUT2D eigenvalue weighted by Gasteiger charge is 2.30. The topological polar surface area (TPSA) is 42.9 Å².